The molecule has 1 aliphatic carbocycles. The summed E-state index contributed by atoms with van der Waals surface area (Å²) in [5.41, 5.74) is 6.93. The molecule has 0 heterocycles. The lowest BCUT2D eigenvalue weighted by atomic mass is 9.79. The number of fused-ring (bicyclic) bond motifs is 2. The third-order valence-electron chi connectivity index (χ3n) is 5.17. The van der Waals surface area contributed by atoms with Gasteiger partial charge in [0.2, 0.25) is 0 Å². The number of benzene rings is 2. The van der Waals surface area contributed by atoms with Crippen LogP contribution in [0.25, 0.3) is 0 Å². The van der Waals surface area contributed by atoms with Crippen LogP contribution in [0.5, 0.6) is 11.5 Å². The Labute approximate surface area is 174 Å². The first-order chi connectivity index (χ1) is 14.5. The number of aliphatic hydroxyl groups excluding tert-OH is 1. The number of phenolic OH excluding ortho intramolecular Hbond substituents is 2. The van der Waals surface area contributed by atoms with E-state index in [1.54, 1.807) is 6.07 Å². The molecular weight excluding hydrogens is 386 g/mol. The zero-order chi connectivity index (χ0) is 21.7. The molecule has 2 aromatic carbocycles. The van der Waals surface area contributed by atoms with E-state index in [1.165, 1.54) is 12.1 Å². The van der Waals surface area contributed by atoms with Gasteiger partial charge in [0.05, 0.1) is 23.3 Å². The zero-order valence-electron chi connectivity index (χ0n) is 16.7. The number of phenols is 2. The van der Waals surface area contributed by atoms with E-state index < -0.39 is 11.6 Å². The van der Waals surface area contributed by atoms with Crippen molar-refractivity contribution in [3.63, 3.8) is 0 Å². The number of aromatic hydroxyl groups is 2. The molecule has 0 fully saturated rings. The summed E-state index contributed by atoms with van der Waals surface area (Å²) in [6, 6.07) is 6.00. The second kappa shape index (κ2) is 9.71. The fourth-order valence-corrected chi connectivity index (χ4v) is 3.74. The van der Waals surface area contributed by atoms with E-state index in [1.807, 2.05) is 6.07 Å². The van der Waals surface area contributed by atoms with Crippen molar-refractivity contribution in [1.29, 1.82) is 0 Å². The molecule has 2 aromatic rings. The second-order valence-electron chi connectivity index (χ2n) is 7.18. The third kappa shape index (κ3) is 4.16. The topological polar surface area (TPSA) is 145 Å². The van der Waals surface area contributed by atoms with Crippen LogP contribution in [-0.2, 0) is 6.42 Å². The summed E-state index contributed by atoms with van der Waals surface area (Å²) in [5.74, 6) is -1.64. The number of aliphatic hydroxyl groups is 1. The van der Waals surface area contributed by atoms with E-state index in [-0.39, 0.29) is 40.4 Å². The van der Waals surface area contributed by atoms with Crippen molar-refractivity contribution in [2.45, 2.75) is 19.3 Å². The minimum Gasteiger partial charge on any atom is -0.507 e. The average Bonchev–Trinajstić information content (AvgIpc) is 2.74. The van der Waals surface area contributed by atoms with Crippen LogP contribution in [0.15, 0.2) is 24.3 Å². The maximum Gasteiger partial charge on any atom is 0.200 e. The van der Waals surface area contributed by atoms with Gasteiger partial charge in [0, 0.05) is 30.9 Å². The van der Waals surface area contributed by atoms with Crippen molar-refractivity contribution in [2.24, 2.45) is 5.73 Å². The number of hydrogen-bond acceptors (Lipinski definition) is 8. The second-order valence-corrected chi connectivity index (χ2v) is 7.18. The Morgan fingerprint density at radius 2 is 1.47 bits per heavy atom. The zero-order valence-corrected chi connectivity index (χ0v) is 16.7. The molecule has 30 heavy (non-hydrogen) atoms. The molecule has 160 valence electrons. The number of nitrogens with one attached hydrogen (secondary N) is 2. The molecule has 7 N–H and O–H groups in total. The lowest BCUT2D eigenvalue weighted by Crippen LogP contribution is -2.27. The van der Waals surface area contributed by atoms with Crippen LogP contribution < -0.4 is 16.4 Å². The Morgan fingerprint density at radius 3 is 2.10 bits per heavy atom. The van der Waals surface area contributed by atoms with Crippen LogP contribution in [0, 0.1) is 0 Å². The summed E-state index contributed by atoms with van der Waals surface area (Å²) in [6.07, 6.45) is 2.13. The van der Waals surface area contributed by atoms with Crippen LogP contribution in [0.1, 0.15) is 50.2 Å². The minimum atomic E-state index is -0.500. The predicted molar refractivity (Wildman–Crippen MR) is 114 cm³/mol. The lowest BCUT2D eigenvalue weighted by Gasteiger charge is -2.24. The van der Waals surface area contributed by atoms with Gasteiger partial charge in [-0.1, -0.05) is 6.07 Å². The quantitative estimate of drug-likeness (QED) is 0.214. The molecule has 0 amide bonds. The van der Waals surface area contributed by atoms with Gasteiger partial charge in [-0.3, -0.25) is 9.59 Å². The Bertz CT molecular complexity index is 958. The van der Waals surface area contributed by atoms with Gasteiger partial charge in [-0.05, 0) is 49.6 Å². The van der Waals surface area contributed by atoms with Gasteiger partial charge in [0.25, 0.3) is 0 Å². The third-order valence-corrected chi connectivity index (χ3v) is 5.17. The van der Waals surface area contributed by atoms with E-state index in [0.29, 0.717) is 43.9 Å². The van der Waals surface area contributed by atoms with E-state index in [2.05, 4.69) is 10.6 Å². The number of carbonyl (C=O) groups is 2. The van der Waals surface area contributed by atoms with Gasteiger partial charge >= 0.3 is 0 Å². The monoisotopic (exact) mass is 413 g/mol. The highest BCUT2D eigenvalue weighted by Gasteiger charge is 2.37. The molecule has 0 spiro atoms. The maximum atomic E-state index is 13.3. The Kier molecular flexibility index (Phi) is 7.04. The maximum absolute atomic E-state index is 13.3. The molecule has 0 atom stereocenters. The number of rotatable bonds is 10. The van der Waals surface area contributed by atoms with E-state index >= 15 is 0 Å². The molecule has 3 rings (SSSR count). The van der Waals surface area contributed by atoms with Crippen molar-refractivity contribution < 1.29 is 24.9 Å². The number of hydrogen-bond donors (Lipinski definition) is 6. The highest BCUT2D eigenvalue weighted by Crippen LogP contribution is 2.41. The van der Waals surface area contributed by atoms with Crippen LogP contribution >= 0.6 is 0 Å². The number of nitrogens with two attached hydrogens (primary N) is 1. The first-order valence-corrected chi connectivity index (χ1v) is 10.1. The summed E-state index contributed by atoms with van der Waals surface area (Å²) >= 11 is 0. The Hall–Kier alpha value is -2.94. The first-order valence-electron chi connectivity index (χ1n) is 10.1. The molecule has 0 bridgehead atoms. The number of aryl methyl sites for hydroxylation is 1. The van der Waals surface area contributed by atoms with Crippen molar-refractivity contribution in [2.75, 3.05) is 38.1 Å². The van der Waals surface area contributed by atoms with Gasteiger partial charge in [0.1, 0.15) is 11.5 Å². The normalized spacial score (nSPS) is 12.6. The predicted octanol–water partition coefficient (Wildman–Crippen LogP) is 1.15. The summed E-state index contributed by atoms with van der Waals surface area (Å²) in [5, 5.41) is 35.5. The molecule has 0 saturated carbocycles. The van der Waals surface area contributed by atoms with Crippen LogP contribution in [0.4, 0.5) is 5.69 Å². The molecule has 0 unspecified atom stereocenters. The minimum absolute atomic E-state index is 0.0272. The van der Waals surface area contributed by atoms with Crippen LogP contribution in [0.2, 0.25) is 0 Å². The fraction of sp³-hybridized carbons (Fsp3) is 0.364. The summed E-state index contributed by atoms with van der Waals surface area (Å²) < 4.78 is 0. The molecule has 0 aliphatic heterocycles. The molecular formula is C22H27N3O5. The number of ketones is 2. The van der Waals surface area contributed by atoms with Gasteiger partial charge in [-0.15, -0.1) is 0 Å². The first kappa shape index (κ1) is 21.8. The standard InChI is InChI=1S/C22H27N3O5/c23-8-2-1-3-13-4-5-14(25-10-9-24-11-12-26)18-17(13)21(29)19-15(27)6-7-16(28)20(19)22(18)30/h4-7,24-28H,1-3,8-12,23H2. The molecule has 0 saturated heterocycles. The van der Waals surface area contributed by atoms with E-state index in [0.717, 1.165) is 12.8 Å². The summed E-state index contributed by atoms with van der Waals surface area (Å²) in [6.45, 7) is 2.04. The smallest absolute Gasteiger partial charge is 0.200 e. The number of carbonyl (C=O) groups excluding carboxylic acids is 2. The fourth-order valence-electron chi connectivity index (χ4n) is 3.74. The molecule has 0 radical (unpaired) electrons. The van der Waals surface area contributed by atoms with Gasteiger partial charge in [0.15, 0.2) is 11.6 Å². The number of anilines is 1. The molecule has 0 aromatic heterocycles. The highest BCUT2D eigenvalue weighted by molar-refractivity contribution is 6.32. The van der Waals surface area contributed by atoms with E-state index in [9.17, 15) is 19.8 Å². The van der Waals surface area contributed by atoms with Crippen LogP contribution in [0.3, 0.4) is 0 Å². The molecule has 1 aliphatic rings. The van der Waals surface area contributed by atoms with Gasteiger partial charge in [-0.2, -0.15) is 0 Å². The van der Waals surface area contributed by atoms with E-state index in [4.69, 9.17) is 10.8 Å². The largest absolute Gasteiger partial charge is 0.507 e. The summed E-state index contributed by atoms with van der Waals surface area (Å²) in [7, 11) is 0. The molecule has 8 nitrogen and oxygen atoms in total. The van der Waals surface area contributed by atoms with Crippen molar-refractivity contribution >= 4 is 17.3 Å². The Morgan fingerprint density at radius 1 is 0.800 bits per heavy atom. The highest BCUT2D eigenvalue weighted by atomic mass is 16.3. The van der Waals surface area contributed by atoms with Crippen molar-refractivity contribution in [3.8, 4) is 11.5 Å². The Balaban J connectivity index is 2.04. The SMILES string of the molecule is NCCCCc1ccc(NCCNCCO)c2c1C(=O)c1c(O)ccc(O)c1C2=O. The van der Waals surface area contributed by atoms with Gasteiger partial charge < -0.3 is 31.7 Å². The van der Waals surface area contributed by atoms with Crippen molar-refractivity contribution in [1.82, 2.24) is 5.32 Å². The molecule has 8 heteroatoms. The van der Waals surface area contributed by atoms with Gasteiger partial charge in [-0.25, -0.2) is 0 Å². The van der Waals surface area contributed by atoms with Crippen molar-refractivity contribution in [3.05, 3.63) is 52.1 Å². The summed E-state index contributed by atoms with van der Waals surface area (Å²) in [4.78, 5) is 26.7. The lowest BCUT2D eigenvalue weighted by molar-refractivity contribution is 0.0974. The van der Waals surface area contributed by atoms with Crippen LogP contribution in [-0.4, -0.2) is 59.7 Å². The number of unbranched alkanes of at least 4 members (excludes halogenated alkanes) is 1. The average molecular weight is 413 g/mol.